The molecule has 0 aliphatic carbocycles. The maximum Gasteiger partial charge on any atom is 0.262 e. The van der Waals surface area contributed by atoms with Crippen molar-refractivity contribution < 1.29 is 8.42 Å². The molecular formula is C15H17BrN2O2S. The van der Waals surface area contributed by atoms with E-state index in [2.05, 4.69) is 20.7 Å². The van der Waals surface area contributed by atoms with Gasteiger partial charge in [0.25, 0.3) is 10.0 Å². The summed E-state index contributed by atoms with van der Waals surface area (Å²) >= 11 is 3.39. The van der Waals surface area contributed by atoms with E-state index in [1.807, 2.05) is 26.8 Å². The Labute approximate surface area is 133 Å². The van der Waals surface area contributed by atoms with E-state index >= 15 is 0 Å². The van der Waals surface area contributed by atoms with Crippen LogP contribution in [0.1, 0.15) is 16.7 Å². The zero-order valence-corrected chi connectivity index (χ0v) is 14.5. The van der Waals surface area contributed by atoms with Gasteiger partial charge in [0, 0.05) is 10.2 Å². The summed E-state index contributed by atoms with van der Waals surface area (Å²) in [5.74, 6) is 0. The summed E-state index contributed by atoms with van der Waals surface area (Å²) in [6.07, 6.45) is 0. The van der Waals surface area contributed by atoms with E-state index in [4.69, 9.17) is 5.73 Å². The SMILES string of the molecule is Cc1cc(S(=O)(=O)Nc2cccc(C)c2Br)cc(N)c1C. The Morgan fingerprint density at radius 1 is 1.10 bits per heavy atom. The third kappa shape index (κ3) is 3.22. The largest absolute Gasteiger partial charge is 0.398 e. The molecule has 2 aromatic carbocycles. The number of halogens is 1. The highest BCUT2D eigenvalue weighted by atomic mass is 79.9. The molecule has 0 aliphatic heterocycles. The summed E-state index contributed by atoms with van der Waals surface area (Å²) in [6, 6.07) is 8.51. The van der Waals surface area contributed by atoms with Crippen LogP contribution in [-0.4, -0.2) is 8.42 Å². The van der Waals surface area contributed by atoms with Gasteiger partial charge >= 0.3 is 0 Å². The highest BCUT2D eigenvalue weighted by molar-refractivity contribution is 9.10. The topological polar surface area (TPSA) is 72.2 Å². The van der Waals surface area contributed by atoms with Crippen molar-refractivity contribution in [1.82, 2.24) is 0 Å². The van der Waals surface area contributed by atoms with Crippen molar-refractivity contribution in [3.05, 3.63) is 51.5 Å². The normalized spacial score (nSPS) is 11.4. The maximum atomic E-state index is 12.5. The molecule has 6 heteroatoms. The van der Waals surface area contributed by atoms with Crippen LogP contribution >= 0.6 is 15.9 Å². The van der Waals surface area contributed by atoms with Crippen LogP contribution in [-0.2, 0) is 10.0 Å². The molecule has 2 rings (SSSR count). The van der Waals surface area contributed by atoms with Crippen LogP contribution in [0.3, 0.4) is 0 Å². The molecule has 0 saturated carbocycles. The van der Waals surface area contributed by atoms with Crippen LogP contribution in [0.25, 0.3) is 0 Å². The lowest BCUT2D eigenvalue weighted by Crippen LogP contribution is -2.14. The minimum absolute atomic E-state index is 0.163. The molecule has 0 amide bonds. The highest BCUT2D eigenvalue weighted by Gasteiger charge is 2.18. The van der Waals surface area contributed by atoms with Gasteiger partial charge in [0.1, 0.15) is 0 Å². The number of benzene rings is 2. The second-order valence-electron chi connectivity index (χ2n) is 5.00. The fourth-order valence-corrected chi connectivity index (χ4v) is 3.62. The molecule has 2 aromatic rings. The Bertz CT molecular complexity index is 778. The van der Waals surface area contributed by atoms with Gasteiger partial charge in [-0.05, 0) is 71.6 Å². The second-order valence-corrected chi connectivity index (χ2v) is 7.47. The molecule has 0 aliphatic rings. The van der Waals surface area contributed by atoms with Crippen molar-refractivity contribution in [3.8, 4) is 0 Å². The molecule has 0 heterocycles. The maximum absolute atomic E-state index is 12.5. The number of nitrogen functional groups attached to an aromatic ring is 1. The fraction of sp³-hybridized carbons (Fsp3) is 0.200. The smallest absolute Gasteiger partial charge is 0.262 e. The molecule has 0 unspecified atom stereocenters. The number of nitrogens with two attached hydrogens (primary N) is 1. The molecule has 21 heavy (non-hydrogen) atoms. The summed E-state index contributed by atoms with van der Waals surface area (Å²) in [5.41, 5.74) is 9.54. The number of hydrogen-bond donors (Lipinski definition) is 2. The first-order valence-corrected chi connectivity index (χ1v) is 8.64. The summed E-state index contributed by atoms with van der Waals surface area (Å²) in [7, 11) is -3.67. The van der Waals surface area contributed by atoms with Gasteiger partial charge in [-0.3, -0.25) is 4.72 Å². The van der Waals surface area contributed by atoms with Gasteiger partial charge in [0.2, 0.25) is 0 Å². The van der Waals surface area contributed by atoms with Crippen molar-refractivity contribution in [3.63, 3.8) is 0 Å². The van der Waals surface area contributed by atoms with E-state index in [1.165, 1.54) is 6.07 Å². The van der Waals surface area contributed by atoms with Gasteiger partial charge in [-0.15, -0.1) is 0 Å². The van der Waals surface area contributed by atoms with Crippen molar-refractivity contribution in [2.24, 2.45) is 0 Å². The lowest BCUT2D eigenvalue weighted by atomic mass is 10.1. The average molecular weight is 369 g/mol. The number of sulfonamides is 1. The molecular weight excluding hydrogens is 352 g/mol. The number of rotatable bonds is 3. The van der Waals surface area contributed by atoms with Crippen LogP contribution in [0.5, 0.6) is 0 Å². The Morgan fingerprint density at radius 3 is 2.38 bits per heavy atom. The quantitative estimate of drug-likeness (QED) is 0.810. The third-order valence-corrected chi connectivity index (χ3v) is 5.83. The molecule has 0 fully saturated rings. The molecule has 0 spiro atoms. The van der Waals surface area contributed by atoms with E-state index < -0.39 is 10.0 Å². The van der Waals surface area contributed by atoms with Gasteiger partial charge in [-0.1, -0.05) is 12.1 Å². The minimum atomic E-state index is -3.67. The molecule has 112 valence electrons. The Balaban J connectivity index is 2.46. The van der Waals surface area contributed by atoms with Crippen LogP contribution in [0.15, 0.2) is 39.7 Å². The Kier molecular flexibility index (Phi) is 4.30. The third-order valence-electron chi connectivity index (χ3n) is 3.43. The van der Waals surface area contributed by atoms with E-state index in [9.17, 15) is 8.42 Å². The molecule has 0 atom stereocenters. The monoisotopic (exact) mass is 368 g/mol. The van der Waals surface area contributed by atoms with E-state index in [0.29, 0.717) is 11.4 Å². The van der Waals surface area contributed by atoms with Crippen molar-refractivity contribution in [1.29, 1.82) is 0 Å². The standard InChI is InChI=1S/C15H17BrN2O2S/c1-9-5-4-6-14(15(9)16)18-21(19,20)12-7-10(2)11(3)13(17)8-12/h4-8,18H,17H2,1-3H3. The zero-order valence-electron chi connectivity index (χ0n) is 12.1. The van der Waals surface area contributed by atoms with Crippen molar-refractivity contribution in [2.45, 2.75) is 25.7 Å². The molecule has 0 radical (unpaired) electrons. The first-order valence-electron chi connectivity index (χ1n) is 6.37. The van der Waals surface area contributed by atoms with Gasteiger partial charge in [-0.2, -0.15) is 0 Å². The zero-order chi connectivity index (χ0) is 15.8. The summed E-state index contributed by atoms with van der Waals surface area (Å²) in [4.78, 5) is 0.163. The van der Waals surface area contributed by atoms with E-state index in [0.717, 1.165) is 21.2 Å². The number of hydrogen-bond acceptors (Lipinski definition) is 3. The van der Waals surface area contributed by atoms with Crippen LogP contribution in [0.2, 0.25) is 0 Å². The molecule has 0 saturated heterocycles. The first kappa shape index (κ1) is 15.9. The Morgan fingerprint density at radius 2 is 1.76 bits per heavy atom. The minimum Gasteiger partial charge on any atom is -0.398 e. The molecule has 0 aromatic heterocycles. The van der Waals surface area contributed by atoms with E-state index in [1.54, 1.807) is 18.2 Å². The van der Waals surface area contributed by atoms with Crippen LogP contribution in [0, 0.1) is 20.8 Å². The van der Waals surface area contributed by atoms with Gasteiger partial charge < -0.3 is 5.73 Å². The van der Waals surface area contributed by atoms with Crippen molar-refractivity contribution >= 4 is 37.3 Å². The van der Waals surface area contributed by atoms with E-state index in [-0.39, 0.29) is 4.90 Å². The lowest BCUT2D eigenvalue weighted by molar-refractivity contribution is 0.601. The number of aryl methyl sites for hydroxylation is 2. The summed E-state index contributed by atoms with van der Waals surface area (Å²) in [5, 5.41) is 0. The van der Waals surface area contributed by atoms with Gasteiger partial charge in [0.05, 0.1) is 10.6 Å². The van der Waals surface area contributed by atoms with Crippen molar-refractivity contribution in [2.75, 3.05) is 10.5 Å². The fourth-order valence-electron chi connectivity index (χ4n) is 1.94. The summed E-state index contributed by atoms with van der Waals surface area (Å²) in [6.45, 7) is 5.61. The highest BCUT2D eigenvalue weighted by Crippen LogP contribution is 2.29. The van der Waals surface area contributed by atoms with Gasteiger partial charge in [0.15, 0.2) is 0 Å². The number of nitrogens with one attached hydrogen (secondary N) is 1. The van der Waals surface area contributed by atoms with Gasteiger partial charge in [-0.25, -0.2) is 8.42 Å². The lowest BCUT2D eigenvalue weighted by Gasteiger charge is -2.13. The molecule has 0 bridgehead atoms. The number of anilines is 2. The Hall–Kier alpha value is -1.53. The van der Waals surface area contributed by atoms with Crippen LogP contribution in [0.4, 0.5) is 11.4 Å². The summed E-state index contributed by atoms with van der Waals surface area (Å²) < 4.78 is 28.3. The molecule has 3 N–H and O–H groups in total. The average Bonchev–Trinajstić information content (AvgIpc) is 2.40. The predicted molar refractivity (Wildman–Crippen MR) is 90.0 cm³/mol. The first-order chi connectivity index (χ1) is 9.72. The van der Waals surface area contributed by atoms with Crippen LogP contribution < -0.4 is 10.5 Å². The second kappa shape index (κ2) is 5.69. The molecule has 4 nitrogen and oxygen atoms in total. The predicted octanol–water partition coefficient (Wildman–Crippen LogP) is 3.76.